The van der Waals surface area contributed by atoms with Crippen LogP contribution in [-0.4, -0.2) is 62.8 Å². The Bertz CT molecular complexity index is 157. The van der Waals surface area contributed by atoms with E-state index in [1.165, 1.54) is 0 Å². The molecule has 0 aliphatic carbocycles. The molecule has 3 atom stereocenters. The molecule has 0 aliphatic heterocycles. The average molecular weight is 239 g/mol. The van der Waals surface area contributed by atoms with E-state index in [4.69, 9.17) is 25.5 Å². The first-order valence-electron chi connectivity index (χ1n) is 3.33. The van der Waals surface area contributed by atoms with Crippen LogP contribution in [0.25, 0.3) is 0 Å². The molecule has 14 heavy (non-hydrogen) atoms. The predicted octanol–water partition coefficient (Wildman–Crippen LogP) is -9.37. The molecule has 0 aliphatic rings. The molecular weight excluding hydrogens is 227 g/mol. The van der Waals surface area contributed by atoms with E-state index in [-0.39, 0.29) is 42.0 Å². The minimum atomic E-state index is -1.86. The Morgan fingerprint density at radius 3 is 1.86 bits per heavy atom. The molecule has 6 nitrogen and oxygen atoms in total. The summed E-state index contributed by atoms with van der Waals surface area (Å²) < 4.78 is 0. The number of halogens is 1. The van der Waals surface area contributed by atoms with Crippen molar-refractivity contribution in [2.24, 2.45) is 0 Å². The zero-order chi connectivity index (χ0) is 9.72. The fourth-order valence-electron chi connectivity index (χ4n) is 0.602. The van der Waals surface area contributed by atoms with Crippen molar-refractivity contribution in [3.8, 4) is 0 Å². The van der Waals surface area contributed by atoms with E-state index in [2.05, 4.69) is 0 Å². The molecule has 5 N–H and O–H groups in total. The molecule has 0 radical (unpaired) electrons. The van der Waals surface area contributed by atoms with Gasteiger partial charge in [0.25, 0.3) is 0 Å². The number of carbonyl (C=O) groups is 1. The van der Waals surface area contributed by atoms with Crippen LogP contribution >= 0.6 is 0 Å². The van der Waals surface area contributed by atoms with Crippen LogP contribution in [0, 0.1) is 0 Å². The van der Waals surface area contributed by atoms with Gasteiger partial charge in [0.05, 0.1) is 6.61 Å². The second kappa shape index (κ2) is 10.3. The van der Waals surface area contributed by atoms with Crippen molar-refractivity contribution in [3.05, 3.63) is 0 Å². The molecule has 80 valence electrons. The summed E-state index contributed by atoms with van der Waals surface area (Å²) in [4.78, 5) is 10.5. The van der Waals surface area contributed by atoms with Gasteiger partial charge in [-0.2, -0.15) is 0 Å². The maximum Gasteiger partial charge on any atom is 1.00 e. The molecular formula is C6H12ClNaO6. The van der Waals surface area contributed by atoms with E-state index in [9.17, 15) is 4.79 Å². The molecule has 8 heteroatoms. The summed E-state index contributed by atoms with van der Waals surface area (Å²) >= 11 is 0. The van der Waals surface area contributed by atoms with Crippen LogP contribution in [0.1, 0.15) is 0 Å². The maximum absolute atomic E-state index is 10.5. The molecule has 0 heterocycles. The SMILES string of the molecule is O=C(CO)[C@H](O)[C@@H](O)[C@H](O)CO.[Cl-].[Na+]. The van der Waals surface area contributed by atoms with Gasteiger partial charge in [-0.3, -0.25) is 4.79 Å². The molecule has 0 unspecified atom stereocenters. The third kappa shape index (κ3) is 6.28. The smallest absolute Gasteiger partial charge is 1.00 e. The molecule has 0 fully saturated rings. The van der Waals surface area contributed by atoms with Crippen LogP contribution in [0.4, 0.5) is 0 Å². The molecule has 0 amide bonds. The predicted molar refractivity (Wildman–Crippen MR) is 37.2 cm³/mol. The number of aliphatic hydroxyl groups is 5. The molecule has 0 aromatic carbocycles. The van der Waals surface area contributed by atoms with Crippen molar-refractivity contribution in [1.29, 1.82) is 0 Å². The first-order chi connectivity index (χ1) is 5.54. The van der Waals surface area contributed by atoms with E-state index in [1.54, 1.807) is 0 Å². The fraction of sp³-hybridized carbons (Fsp3) is 0.833. The molecule has 0 saturated carbocycles. The second-order valence-corrected chi connectivity index (χ2v) is 2.31. The number of hydrogen-bond donors (Lipinski definition) is 5. The summed E-state index contributed by atoms with van der Waals surface area (Å²) in [5.41, 5.74) is 0. The molecule has 0 rings (SSSR count). The minimum absolute atomic E-state index is 0. The number of aliphatic hydroxyl groups excluding tert-OH is 5. The Labute approximate surface area is 109 Å². The van der Waals surface area contributed by atoms with Crippen LogP contribution in [0.15, 0.2) is 0 Å². The summed E-state index contributed by atoms with van der Waals surface area (Å²) in [5.74, 6) is -1.00. The quantitative estimate of drug-likeness (QED) is 0.304. The van der Waals surface area contributed by atoms with Gasteiger partial charge >= 0.3 is 29.6 Å². The average Bonchev–Trinajstić information content (AvgIpc) is 2.12. The van der Waals surface area contributed by atoms with Gasteiger partial charge in [-0.25, -0.2) is 0 Å². The Morgan fingerprint density at radius 1 is 1.14 bits per heavy atom. The Hall–Kier alpha value is 0.760. The molecule has 0 aromatic heterocycles. The van der Waals surface area contributed by atoms with Gasteiger partial charge in [-0.15, -0.1) is 0 Å². The van der Waals surface area contributed by atoms with E-state index >= 15 is 0 Å². The van der Waals surface area contributed by atoms with Crippen molar-refractivity contribution < 1.29 is 72.3 Å². The van der Waals surface area contributed by atoms with Crippen LogP contribution in [0.3, 0.4) is 0 Å². The van der Waals surface area contributed by atoms with Crippen molar-refractivity contribution >= 4 is 5.78 Å². The van der Waals surface area contributed by atoms with Gasteiger partial charge in [-0.1, -0.05) is 0 Å². The standard InChI is InChI=1S/C6H12O6.ClH.Na/c7-1-3(9)5(11)6(12)4(10)2-8;;/h3,5-9,11-12H,1-2H2;1H;/q;;+1/p-1/t3-,5+,6+;;/m1../s1. The van der Waals surface area contributed by atoms with Crippen LogP contribution in [0.5, 0.6) is 0 Å². The Kier molecular flexibility index (Phi) is 14.8. The molecule has 0 spiro atoms. The Morgan fingerprint density at radius 2 is 1.57 bits per heavy atom. The van der Waals surface area contributed by atoms with E-state index in [0.29, 0.717) is 0 Å². The van der Waals surface area contributed by atoms with Gasteiger partial charge in [0, 0.05) is 0 Å². The first kappa shape index (κ1) is 20.2. The van der Waals surface area contributed by atoms with Crippen LogP contribution in [-0.2, 0) is 4.79 Å². The topological polar surface area (TPSA) is 118 Å². The summed E-state index contributed by atoms with van der Waals surface area (Å²) in [6.45, 7) is -1.69. The van der Waals surface area contributed by atoms with Gasteiger partial charge in [0.2, 0.25) is 0 Å². The molecule has 0 bridgehead atoms. The number of rotatable bonds is 5. The van der Waals surface area contributed by atoms with Crippen molar-refractivity contribution in [2.45, 2.75) is 18.3 Å². The number of ketones is 1. The first-order valence-corrected chi connectivity index (χ1v) is 3.33. The van der Waals surface area contributed by atoms with Crippen molar-refractivity contribution in [2.75, 3.05) is 13.2 Å². The largest absolute Gasteiger partial charge is 1.00 e. The van der Waals surface area contributed by atoms with E-state index < -0.39 is 37.3 Å². The number of Topliss-reactive ketones (excluding diaryl/α,β-unsaturated/α-hetero) is 1. The third-order valence-electron chi connectivity index (χ3n) is 1.39. The maximum atomic E-state index is 10.5. The van der Waals surface area contributed by atoms with Crippen LogP contribution in [0.2, 0.25) is 0 Å². The van der Waals surface area contributed by atoms with E-state index in [0.717, 1.165) is 0 Å². The summed E-state index contributed by atoms with van der Waals surface area (Å²) in [6.07, 6.45) is -5.22. The van der Waals surface area contributed by atoms with Gasteiger partial charge in [0.1, 0.15) is 24.9 Å². The van der Waals surface area contributed by atoms with Crippen molar-refractivity contribution in [3.63, 3.8) is 0 Å². The van der Waals surface area contributed by atoms with E-state index in [1.807, 2.05) is 0 Å². The van der Waals surface area contributed by atoms with Gasteiger partial charge < -0.3 is 37.9 Å². The molecule has 0 saturated heterocycles. The zero-order valence-corrected chi connectivity index (χ0v) is 10.4. The van der Waals surface area contributed by atoms with Crippen molar-refractivity contribution in [1.82, 2.24) is 0 Å². The number of carbonyl (C=O) groups excluding carboxylic acids is 1. The van der Waals surface area contributed by atoms with Gasteiger partial charge in [-0.05, 0) is 0 Å². The van der Waals surface area contributed by atoms with Gasteiger partial charge in [0.15, 0.2) is 5.78 Å². The second-order valence-electron chi connectivity index (χ2n) is 2.31. The Balaban J connectivity index is -0.000000605. The summed E-state index contributed by atoms with van der Waals surface area (Å²) in [7, 11) is 0. The summed E-state index contributed by atoms with van der Waals surface area (Å²) in [5, 5.41) is 43.1. The van der Waals surface area contributed by atoms with Crippen LogP contribution < -0.4 is 42.0 Å². The fourth-order valence-corrected chi connectivity index (χ4v) is 0.602. The zero-order valence-electron chi connectivity index (χ0n) is 7.67. The normalized spacial score (nSPS) is 15.8. The monoisotopic (exact) mass is 238 g/mol. The third-order valence-corrected chi connectivity index (χ3v) is 1.39. The number of hydrogen-bond acceptors (Lipinski definition) is 6. The summed E-state index contributed by atoms with van der Waals surface area (Å²) in [6, 6.07) is 0. The minimum Gasteiger partial charge on any atom is -1.00 e. The molecule has 0 aromatic rings.